The van der Waals surface area contributed by atoms with Gasteiger partial charge in [-0.25, -0.2) is 5.43 Å². The molecule has 118 valence electrons. The third kappa shape index (κ3) is 5.70. The number of amides is 2. The lowest BCUT2D eigenvalue weighted by Crippen LogP contribution is -2.26. The van der Waals surface area contributed by atoms with Gasteiger partial charge in [-0.2, -0.15) is 5.10 Å². The Bertz CT molecular complexity index is 684. The van der Waals surface area contributed by atoms with Crippen molar-refractivity contribution in [3.8, 4) is 0 Å². The van der Waals surface area contributed by atoms with Gasteiger partial charge in [-0.05, 0) is 24.6 Å². The van der Waals surface area contributed by atoms with Crippen LogP contribution in [0.15, 0.2) is 60.0 Å². The first kappa shape index (κ1) is 16.4. The molecule has 1 heterocycles. The number of aromatic nitrogens is 1. The van der Waals surface area contributed by atoms with Crippen LogP contribution >= 0.6 is 0 Å². The Hall–Kier alpha value is -3.02. The zero-order valence-corrected chi connectivity index (χ0v) is 12.8. The van der Waals surface area contributed by atoms with Gasteiger partial charge in [0.2, 0.25) is 5.91 Å². The average molecular weight is 310 g/mol. The fourth-order valence-corrected chi connectivity index (χ4v) is 1.84. The molecule has 1 aromatic carbocycles. The largest absolute Gasteiger partial charge is 0.352 e. The first-order chi connectivity index (χ1) is 11.1. The highest BCUT2D eigenvalue weighted by molar-refractivity contribution is 6.01. The number of hydrazone groups is 1. The van der Waals surface area contributed by atoms with Crippen LogP contribution in [0.1, 0.15) is 29.3 Å². The van der Waals surface area contributed by atoms with Crippen LogP contribution in [0.25, 0.3) is 0 Å². The Kier molecular flexibility index (Phi) is 5.99. The SMILES string of the molecule is C/C(CC(=O)NCc1ccccc1)=N\NC(=O)c1cccnc1. The topological polar surface area (TPSA) is 83.5 Å². The zero-order valence-electron chi connectivity index (χ0n) is 12.8. The van der Waals surface area contributed by atoms with E-state index in [4.69, 9.17) is 0 Å². The van der Waals surface area contributed by atoms with E-state index >= 15 is 0 Å². The number of hydrogen-bond acceptors (Lipinski definition) is 4. The second kappa shape index (κ2) is 8.43. The van der Waals surface area contributed by atoms with E-state index in [1.165, 1.54) is 6.20 Å². The molecule has 0 bridgehead atoms. The van der Waals surface area contributed by atoms with Crippen LogP contribution in [0.3, 0.4) is 0 Å². The van der Waals surface area contributed by atoms with Crippen molar-refractivity contribution < 1.29 is 9.59 Å². The van der Waals surface area contributed by atoms with Gasteiger partial charge in [-0.15, -0.1) is 0 Å². The highest BCUT2D eigenvalue weighted by Gasteiger charge is 2.06. The highest BCUT2D eigenvalue weighted by atomic mass is 16.2. The van der Waals surface area contributed by atoms with Crippen LogP contribution in [0, 0.1) is 0 Å². The number of nitrogens with one attached hydrogen (secondary N) is 2. The summed E-state index contributed by atoms with van der Waals surface area (Å²) in [7, 11) is 0. The van der Waals surface area contributed by atoms with Crippen LogP contribution < -0.4 is 10.7 Å². The third-order valence-electron chi connectivity index (χ3n) is 3.02. The van der Waals surface area contributed by atoms with Gasteiger partial charge in [0, 0.05) is 24.7 Å². The Morgan fingerprint density at radius 1 is 1.13 bits per heavy atom. The van der Waals surface area contributed by atoms with Gasteiger partial charge in [-0.1, -0.05) is 30.3 Å². The molecule has 0 saturated heterocycles. The van der Waals surface area contributed by atoms with Crippen LogP contribution in [0.5, 0.6) is 0 Å². The minimum atomic E-state index is -0.359. The van der Waals surface area contributed by atoms with E-state index in [9.17, 15) is 9.59 Å². The summed E-state index contributed by atoms with van der Waals surface area (Å²) in [6.45, 7) is 2.15. The monoisotopic (exact) mass is 310 g/mol. The van der Waals surface area contributed by atoms with Crippen molar-refractivity contribution >= 4 is 17.5 Å². The van der Waals surface area contributed by atoms with Crippen molar-refractivity contribution in [3.05, 3.63) is 66.0 Å². The smallest absolute Gasteiger partial charge is 0.272 e. The standard InChI is InChI=1S/C17H18N4O2/c1-13(20-21-17(23)15-8-5-9-18-12-15)10-16(22)19-11-14-6-3-2-4-7-14/h2-9,12H,10-11H2,1H3,(H,19,22)(H,21,23)/b20-13+. The summed E-state index contributed by atoms with van der Waals surface area (Å²) < 4.78 is 0. The minimum absolute atomic E-state index is 0.125. The van der Waals surface area contributed by atoms with Gasteiger partial charge in [-0.3, -0.25) is 14.6 Å². The lowest BCUT2D eigenvalue weighted by molar-refractivity contribution is -0.120. The van der Waals surface area contributed by atoms with Gasteiger partial charge in [0.15, 0.2) is 0 Å². The predicted octanol–water partition coefficient (Wildman–Crippen LogP) is 1.89. The number of hydrogen-bond donors (Lipinski definition) is 2. The summed E-state index contributed by atoms with van der Waals surface area (Å²) in [4.78, 5) is 27.5. The van der Waals surface area contributed by atoms with Gasteiger partial charge in [0.1, 0.15) is 0 Å². The molecule has 0 aliphatic rings. The van der Waals surface area contributed by atoms with Gasteiger partial charge < -0.3 is 5.32 Å². The average Bonchev–Trinajstić information content (AvgIpc) is 2.59. The molecule has 1 aromatic heterocycles. The molecule has 0 radical (unpaired) electrons. The number of carbonyl (C=O) groups excluding carboxylic acids is 2. The molecule has 0 atom stereocenters. The summed E-state index contributed by atoms with van der Waals surface area (Å²) in [6, 6.07) is 12.9. The molecular formula is C17H18N4O2. The Morgan fingerprint density at radius 3 is 2.61 bits per heavy atom. The molecule has 6 heteroatoms. The second-order valence-electron chi connectivity index (χ2n) is 4.97. The van der Waals surface area contributed by atoms with Crippen molar-refractivity contribution in [2.45, 2.75) is 19.9 Å². The van der Waals surface area contributed by atoms with E-state index in [-0.39, 0.29) is 18.2 Å². The minimum Gasteiger partial charge on any atom is -0.352 e. The van der Waals surface area contributed by atoms with Crippen molar-refractivity contribution in [2.24, 2.45) is 5.10 Å². The first-order valence-electron chi connectivity index (χ1n) is 7.19. The molecule has 0 aliphatic heterocycles. The number of carbonyl (C=O) groups is 2. The van der Waals surface area contributed by atoms with Crippen molar-refractivity contribution in [2.75, 3.05) is 0 Å². The summed E-state index contributed by atoms with van der Waals surface area (Å²) in [5.41, 5.74) is 4.37. The Labute approximate surface area is 134 Å². The maximum atomic E-state index is 11.8. The fourth-order valence-electron chi connectivity index (χ4n) is 1.84. The van der Waals surface area contributed by atoms with Crippen LogP contribution in [0.2, 0.25) is 0 Å². The lowest BCUT2D eigenvalue weighted by Gasteiger charge is -2.05. The van der Waals surface area contributed by atoms with E-state index in [0.717, 1.165) is 5.56 Å². The zero-order chi connectivity index (χ0) is 16.5. The molecule has 0 spiro atoms. The van der Waals surface area contributed by atoms with Crippen LogP contribution in [0.4, 0.5) is 0 Å². The summed E-state index contributed by atoms with van der Waals surface area (Å²) in [5, 5.41) is 6.73. The molecule has 0 unspecified atom stereocenters. The number of rotatable bonds is 6. The van der Waals surface area contributed by atoms with E-state index in [1.54, 1.807) is 25.3 Å². The molecule has 2 N–H and O–H groups in total. The van der Waals surface area contributed by atoms with E-state index < -0.39 is 0 Å². The third-order valence-corrected chi connectivity index (χ3v) is 3.02. The molecular weight excluding hydrogens is 292 g/mol. The van der Waals surface area contributed by atoms with Gasteiger partial charge >= 0.3 is 0 Å². The molecule has 2 amide bonds. The first-order valence-corrected chi connectivity index (χ1v) is 7.19. The fraction of sp³-hybridized carbons (Fsp3) is 0.176. The molecule has 23 heavy (non-hydrogen) atoms. The number of pyridine rings is 1. The van der Waals surface area contributed by atoms with E-state index in [0.29, 0.717) is 17.8 Å². The summed E-state index contributed by atoms with van der Waals surface area (Å²) in [6.07, 6.45) is 3.16. The maximum Gasteiger partial charge on any atom is 0.272 e. The second-order valence-corrected chi connectivity index (χ2v) is 4.97. The highest BCUT2D eigenvalue weighted by Crippen LogP contribution is 1.98. The summed E-state index contributed by atoms with van der Waals surface area (Å²) in [5.74, 6) is -0.507. The van der Waals surface area contributed by atoms with Crippen molar-refractivity contribution in [1.82, 2.24) is 15.7 Å². The Balaban J connectivity index is 1.78. The van der Waals surface area contributed by atoms with Gasteiger partial charge in [0.05, 0.1) is 12.0 Å². The van der Waals surface area contributed by atoms with Crippen molar-refractivity contribution in [3.63, 3.8) is 0 Å². The lowest BCUT2D eigenvalue weighted by atomic mass is 10.2. The van der Waals surface area contributed by atoms with Gasteiger partial charge in [0.25, 0.3) is 5.91 Å². The maximum absolute atomic E-state index is 11.8. The van der Waals surface area contributed by atoms with Crippen LogP contribution in [-0.4, -0.2) is 22.5 Å². The molecule has 0 aliphatic carbocycles. The normalized spacial score (nSPS) is 10.9. The van der Waals surface area contributed by atoms with Crippen LogP contribution in [-0.2, 0) is 11.3 Å². The quantitative estimate of drug-likeness (QED) is 0.631. The number of benzene rings is 1. The van der Waals surface area contributed by atoms with E-state index in [1.807, 2.05) is 30.3 Å². The van der Waals surface area contributed by atoms with Crippen molar-refractivity contribution in [1.29, 1.82) is 0 Å². The predicted molar refractivity (Wildman–Crippen MR) is 87.7 cm³/mol. The molecule has 6 nitrogen and oxygen atoms in total. The molecule has 2 rings (SSSR count). The molecule has 0 saturated carbocycles. The summed E-state index contributed by atoms with van der Waals surface area (Å²) >= 11 is 0. The number of nitrogens with zero attached hydrogens (tertiary/aromatic N) is 2. The molecule has 0 fully saturated rings. The molecule has 2 aromatic rings. The van der Waals surface area contributed by atoms with E-state index in [2.05, 4.69) is 20.8 Å². The Morgan fingerprint density at radius 2 is 1.91 bits per heavy atom.